The summed E-state index contributed by atoms with van der Waals surface area (Å²) < 4.78 is 6.18. The maximum absolute atomic E-state index is 6.18. The van der Waals surface area contributed by atoms with E-state index >= 15 is 0 Å². The molecule has 0 spiro atoms. The van der Waals surface area contributed by atoms with Crippen molar-refractivity contribution in [2.45, 2.75) is 38.9 Å². The number of para-hydroxylation sites is 1. The maximum atomic E-state index is 6.18. The van der Waals surface area contributed by atoms with Crippen LogP contribution in [0.5, 0.6) is 0 Å². The lowest BCUT2D eigenvalue weighted by Gasteiger charge is -2.36. The van der Waals surface area contributed by atoms with Crippen LogP contribution >= 0.6 is 0 Å². The highest BCUT2D eigenvalue weighted by Gasteiger charge is 2.36. The number of rotatable bonds is 5. The molecule has 0 radical (unpaired) electrons. The Balaban J connectivity index is 2.43. The summed E-state index contributed by atoms with van der Waals surface area (Å²) in [6.07, 6.45) is 0. The summed E-state index contributed by atoms with van der Waals surface area (Å²) in [6.45, 7) is 13.2. The molecule has 0 saturated heterocycles. The standard InChI is InChI=1S/C15H27NOSi/c1-15(2,3)18(5,6)17-13-12-16(4)14-10-8-7-9-11-14/h7-11H,12-13H2,1-6H3. The Morgan fingerprint density at radius 3 is 2.17 bits per heavy atom. The number of nitrogens with zero attached hydrogens (tertiary/aromatic N) is 1. The minimum Gasteiger partial charge on any atom is -0.415 e. The monoisotopic (exact) mass is 265 g/mol. The zero-order valence-corrected chi connectivity index (χ0v) is 13.7. The van der Waals surface area contributed by atoms with Crippen LogP contribution < -0.4 is 4.90 Å². The lowest BCUT2D eigenvalue weighted by molar-refractivity contribution is 0.296. The summed E-state index contributed by atoms with van der Waals surface area (Å²) in [6, 6.07) is 10.4. The minimum absolute atomic E-state index is 0.290. The molecule has 0 heterocycles. The van der Waals surface area contributed by atoms with Crippen LogP contribution in [0.3, 0.4) is 0 Å². The summed E-state index contributed by atoms with van der Waals surface area (Å²) in [7, 11) is 0.516. The van der Waals surface area contributed by atoms with Crippen molar-refractivity contribution in [1.82, 2.24) is 0 Å². The maximum Gasteiger partial charge on any atom is 0.192 e. The molecule has 0 aliphatic heterocycles. The smallest absolute Gasteiger partial charge is 0.192 e. The Bertz CT molecular complexity index is 357. The number of anilines is 1. The van der Waals surface area contributed by atoms with Crippen LogP contribution in [0.2, 0.25) is 18.1 Å². The van der Waals surface area contributed by atoms with Crippen LogP contribution in [0.15, 0.2) is 30.3 Å². The van der Waals surface area contributed by atoms with E-state index < -0.39 is 8.32 Å². The molecule has 0 N–H and O–H groups in total. The van der Waals surface area contributed by atoms with E-state index in [1.807, 2.05) is 6.07 Å². The highest BCUT2D eigenvalue weighted by Crippen LogP contribution is 2.36. The third-order valence-electron chi connectivity index (χ3n) is 3.89. The normalized spacial score (nSPS) is 12.6. The van der Waals surface area contributed by atoms with Crippen molar-refractivity contribution in [2.75, 3.05) is 25.1 Å². The van der Waals surface area contributed by atoms with Gasteiger partial charge in [-0.15, -0.1) is 0 Å². The van der Waals surface area contributed by atoms with Gasteiger partial charge in [-0.3, -0.25) is 0 Å². The molecule has 0 fully saturated rings. The Hall–Kier alpha value is -0.803. The first kappa shape index (κ1) is 15.3. The highest BCUT2D eigenvalue weighted by atomic mass is 28.4. The molecule has 0 unspecified atom stereocenters. The summed E-state index contributed by atoms with van der Waals surface area (Å²) in [5.74, 6) is 0. The molecule has 18 heavy (non-hydrogen) atoms. The zero-order chi connectivity index (χ0) is 13.8. The third-order valence-corrected chi connectivity index (χ3v) is 8.43. The van der Waals surface area contributed by atoms with Gasteiger partial charge in [0.15, 0.2) is 8.32 Å². The SMILES string of the molecule is CN(CCO[Si](C)(C)C(C)(C)C)c1ccccc1. The lowest BCUT2D eigenvalue weighted by Crippen LogP contribution is -2.42. The van der Waals surface area contributed by atoms with E-state index in [0.717, 1.165) is 13.2 Å². The van der Waals surface area contributed by atoms with Crippen LogP contribution in [-0.2, 0) is 4.43 Å². The Kier molecular flexibility index (Phi) is 4.99. The largest absolute Gasteiger partial charge is 0.415 e. The molecule has 1 aromatic rings. The summed E-state index contributed by atoms with van der Waals surface area (Å²) in [5.41, 5.74) is 1.25. The molecule has 102 valence electrons. The van der Waals surface area contributed by atoms with Crippen molar-refractivity contribution in [1.29, 1.82) is 0 Å². The molecule has 2 nitrogen and oxygen atoms in total. The van der Waals surface area contributed by atoms with Gasteiger partial charge in [-0.05, 0) is 30.3 Å². The van der Waals surface area contributed by atoms with E-state index in [-0.39, 0.29) is 5.04 Å². The van der Waals surface area contributed by atoms with Crippen molar-refractivity contribution < 1.29 is 4.43 Å². The molecule has 1 aromatic carbocycles. The molecule has 1 rings (SSSR count). The van der Waals surface area contributed by atoms with Crippen molar-refractivity contribution in [3.63, 3.8) is 0 Å². The number of hydrogen-bond donors (Lipinski definition) is 0. The molecule has 0 aliphatic rings. The summed E-state index contributed by atoms with van der Waals surface area (Å²) in [5, 5.41) is 0.290. The first-order valence-corrected chi connectivity index (χ1v) is 9.55. The molecule has 0 aliphatic carbocycles. The van der Waals surface area contributed by atoms with E-state index in [0.29, 0.717) is 0 Å². The van der Waals surface area contributed by atoms with Gasteiger partial charge >= 0.3 is 0 Å². The molecular weight excluding hydrogens is 238 g/mol. The molecule has 3 heteroatoms. The molecule has 0 amide bonds. The van der Waals surface area contributed by atoms with Gasteiger partial charge in [-0.25, -0.2) is 0 Å². The molecule has 0 saturated carbocycles. The second kappa shape index (κ2) is 5.89. The molecule has 0 bridgehead atoms. The fourth-order valence-electron chi connectivity index (χ4n) is 1.47. The molecule has 0 atom stereocenters. The molecular formula is C15H27NOSi. The second-order valence-electron chi connectivity index (χ2n) is 6.37. The molecule has 0 aromatic heterocycles. The van der Waals surface area contributed by atoms with Crippen molar-refractivity contribution >= 4 is 14.0 Å². The summed E-state index contributed by atoms with van der Waals surface area (Å²) in [4.78, 5) is 2.24. The van der Waals surface area contributed by atoms with Gasteiger partial charge in [0.1, 0.15) is 0 Å². The van der Waals surface area contributed by atoms with E-state index in [1.165, 1.54) is 5.69 Å². The fourth-order valence-corrected chi connectivity index (χ4v) is 2.50. The van der Waals surface area contributed by atoms with Crippen LogP contribution in [0.4, 0.5) is 5.69 Å². The topological polar surface area (TPSA) is 12.5 Å². The van der Waals surface area contributed by atoms with Crippen molar-refractivity contribution in [3.05, 3.63) is 30.3 Å². The highest BCUT2D eigenvalue weighted by molar-refractivity contribution is 6.74. The number of hydrogen-bond acceptors (Lipinski definition) is 2. The van der Waals surface area contributed by atoms with E-state index in [1.54, 1.807) is 0 Å². The average molecular weight is 265 g/mol. The zero-order valence-electron chi connectivity index (χ0n) is 12.7. The van der Waals surface area contributed by atoms with Gasteiger partial charge in [0.2, 0.25) is 0 Å². The van der Waals surface area contributed by atoms with Crippen LogP contribution in [0.1, 0.15) is 20.8 Å². The van der Waals surface area contributed by atoms with Gasteiger partial charge in [0.25, 0.3) is 0 Å². The lowest BCUT2D eigenvalue weighted by atomic mass is 10.2. The average Bonchev–Trinajstić information content (AvgIpc) is 2.28. The first-order chi connectivity index (χ1) is 8.24. The van der Waals surface area contributed by atoms with Gasteiger partial charge in [-0.2, -0.15) is 0 Å². The van der Waals surface area contributed by atoms with E-state index in [4.69, 9.17) is 4.43 Å². The Labute approximate surface area is 113 Å². The predicted molar refractivity (Wildman–Crippen MR) is 82.9 cm³/mol. The van der Waals surface area contributed by atoms with Crippen LogP contribution in [0.25, 0.3) is 0 Å². The Morgan fingerprint density at radius 1 is 1.11 bits per heavy atom. The Morgan fingerprint density at radius 2 is 1.67 bits per heavy atom. The van der Waals surface area contributed by atoms with Gasteiger partial charge < -0.3 is 9.33 Å². The van der Waals surface area contributed by atoms with Crippen LogP contribution in [0, 0.1) is 0 Å². The van der Waals surface area contributed by atoms with Gasteiger partial charge in [0.05, 0.1) is 6.61 Å². The van der Waals surface area contributed by atoms with E-state index in [9.17, 15) is 0 Å². The predicted octanol–water partition coefficient (Wildman–Crippen LogP) is 4.14. The second-order valence-corrected chi connectivity index (χ2v) is 11.2. The number of benzene rings is 1. The van der Waals surface area contributed by atoms with Crippen molar-refractivity contribution in [3.8, 4) is 0 Å². The van der Waals surface area contributed by atoms with E-state index in [2.05, 4.69) is 70.1 Å². The third kappa shape index (κ3) is 4.14. The van der Waals surface area contributed by atoms with Crippen LogP contribution in [-0.4, -0.2) is 28.5 Å². The van der Waals surface area contributed by atoms with Gasteiger partial charge in [0, 0.05) is 19.3 Å². The quantitative estimate of drug-likeness (QED) is 0.742. The fraction of sp³-hybridized carbons (Fsp3) is 0.600. The number of likely N-dealkylation sites (N-methyl/N-ethyl adjacent to an activating group) is 1. The first-order valence-electron chi connectivity index (χ1n) is 6.64. The van der Waals surface area contributed by atoms with Gasteiger partial charge in [-0.1, -0.05) is 39.0 Å². The minimum atomic E-state index is -1.60. The summed E-state index contributed by atoms with van der Waals surface area (Å²) >= 11 is 0. The van der Waals surface area contributed by atoms with Crippen molar-refractivity contribution in [2.24, 2.45) is 0 Å².